The molecule has 6 heteroatoms. The van der Waals surface area contributed by atoms with Crippen molar-refractivity contribution in [2.75, 3.05) is 13.1 Å². The monoisotopic (exact) mass is 327 g/mol. The van der Waals surface area contributed by atoms with Crippen LogP contribution in [0, 0.1) is 0 Å². The predicted molar refractivity (Wildman–Crippen MR) is 88.5 cm³/mol. The summed E-state index contributed by atoms with van der Waals surface area (Å²) in [6.45, 7) is 10.8. The van der Waals surface area contributed by atoms with Gasteiger partial charge in [0.2, 0.25) is 10.0 Å². The van der Waals surface area contributed by atoms with Crippen LogP contribution in [0.15, 0.2) is 11.1 Å². The molecule has 126 valence electrons. The van der Waals surface area contributed by atoms with Crippen molar-refractivity contribution in [1.82, 2.24) is 14.1 Å². The Labute approximate surface area is 134 Å². The van der Waals surface area contributed by atoms with Crippen LogP contribution in [0.4, 0.5) is 0 Å². The smallest absolute Gasteiger partial charge is 0.246 e. The van der Waals surface area contributed by atoms with E-state index in [4.69, 9.17) is 5.10 Å². The molecule has 0 atom stereocenters. The first-order valence-corrected chi connectivity index (χ1v) is 9.75. The topological polar surface area (TPSA) is 55.2 Å². The standard InChI is InChI=1S/C16H29N3O2S/c1-6-18(7-2)22(20,21)14-12-19(13-10-8-9-11-13)17-15(14)16(3,4)5/h12-13H,6-11H2,1-5H3. The van der Waals surface area contributed by atoms with Gasteiger partial charge in [0.1, 0.15) is 4.90 Å². The maximum Gasteiger partial charge on any atom is 0.246 e. The van der Waals surface area contributed by atoms with Crippen molar-refractivity contribution in [3.8, 4) is 0 Å². The van der Waals surface area contributed by atoms with Gasteiger partial charge in [-0.25, -0.2) is 8.42 Å². The van der Waals surface area contributed by atoms with Gasteiger partial charge in [-0.3, -0.25) is 4.68 Å². The largest absolute Gasteiger partial charge is 0.268 e. The van der Waals surface area contributed by atoms with Gasteiger partial charge in [-0.2, -0.15) is 9.40 Å². The minimum Gasteiger partial charge on any atom is -0.268 e. The summed E-state index contributed by atoms with van der Waals surface area (Å²) in [5, 5.41) is 4.69. The molecule has 0 amide bonds. The van der Waals surface area contributed by atoms with Gasteiger partial charge in [-0.1, -0.05) is 47.5 Å². The fraction of sp³-hybridized carbons (Fsp3) is 0.812. The van der Waals surface area contributed by atoms with Crippen LogP contribution in [0.2, 0.25) is 0 Å². The molecule has 0 spiro atoms. The molecular formula is C16H29N3O2S. The fourth-order valence-corrected chi connectivity index (χ4v) is 4.93. The van der Waals surface area contributed by atoms with Crippen LogP contribution in [-0.4, -0.2) is 35.6 Å². The van der Waals surface area contributed by atoms with Gasteiger partial charge in [-0.15, -0.1) is 0 Å². The lowest BCUT2D eigenvalue weighted by Crippen LogP contribution is -2.32. The first kappa shape index (κ1) is 17.5. The second-order valence-corrected chi connectivity index (χ2v) is 9.01. The molecule has 1 aromatic rings. The third kappa shape index (κ3) is 3.23. The van der Waals surface area contributed by atoms with Gasteiger partial charge < -0.3 is 0 Å². The summed E-state index contributed by atoms with van der Waals surface area (Å²) >= 11 is 0. The highest BCUT2D eigenvalue weighted by molar-refractivity contribution is 7.89. The summed E-state index contributed by atoms with van der Waals surface area (Å²) in [6, 6.07) is 0.349. The Morgan fingerprint density at radius 1 is 1.23 bits per heavy atom. The Hall–Kier alpha value is -0.880. The van der Waals surface area contributed by atoms with E-state index in [1.54, 1.807) is 6.20 Å². The van der Waals surface area contributed by atoms with Crippen LogP contribution in [-0.2, 0) is 15.4 Å². The lowest BCUT2D eigenvalue weighted by atomic mass is 9.92. The van der Waals surface area contributed by atoms with Crippen molar-refractivity contribution in [3.63, 3.8) is 0 Å². The van der Waals surface area contributed by atoms with Crippen LogP contribution in [0.1, 0.15) is 72.0 Å². The Bertz CT molecular complexity index is 604. The lowest BCUT2D eigenvalue weighted by Gasteiger charge is -2.22. The van der Waals surface area contributed by atoms with Crippen molar-refractivity contribution in [2.45, 2.75) is 76.7 Å². The zero-order valence-electron chi connectivity index (χ0n) is 14.5. The van der Waals surface area contributed by atoms with Crippen LogP contribution < -0.4 is 0 Å². The highest BCUT2D eigenvalue weighted by Gasteiger charge is 2.34. The van der Waals surface area contributed by atoms with E-state index in [2.05, 4.69) is 0 Å². The van der Waals surface area contributed by atoms with Gasteiger partial charge in [0.15, 0.2) is 0 Å². The quantitative estimate of drug-likeness (QED) is 0.833. The Balaban J connectivity index is 2.53. The SMILES string of the molecule is CCN(CC)S(=O)(=O)c1cn(C2CCCC2)nc1C(C)(C)C. The van der Waals surface area contributed by atoms with Gasteiger partial charge >= 0.3 is 0 Å². The number of nitrogens with zero attached hydrogens (tertiary/aromatic N) is 3. The molecule has 1 saturated carbocycles. The minimum atomic E-state index is -3.47. The second-order valence-electron chi connectivity index (χ2n) is 7.10. The average Bonchev–Trinajstić information content (AvgIpc) is 3.08. The molecule has 0 saturated heterocycles. The summed E-state index contributed by atoms with van der Waals surface area (Å²) < 4.78 is 29.3. The Kier molecular flexibility index (Phi) is 5.02. The molecule has 1 fully saturated rings. The van der Waals surface area contributed by atoms with E-state index in [1.807, 2.05) is 39.3 Å². The van der Waals surface area contributed by atoms with E-state index >= 15 is 0 Å². The first-order valence-electron chi connectivity index (χ1n) is 8.31. The molecule has 2 rings (SSSR count). The van der Waals surface area contributed by atoms with E-state index in [-0.39, 0.29) is 5.41 Å². The summed E-state index contributed by atoms with van der Waals surface area (Å²) in [5.41, 5.74) is 0.394. The highest BCUT2D eigenvalue weighted by Crippen LogP contribution is 2.34. The molecule has 1 heterocycles. The first-order chi connectivity index (χ1) is 10.2. The van der Waals surface area contributed by atoms with Gasteiger partial charge in [0.05, 0.1) is 11.7 Å². The van der Waals surface area contributed by atoms with Crippen LogP contribution in [0.3, 0.4) is 0 Å². The third-order valence-electron chi connectivity index (χ3n) is 4.43. The van der Waals surface area contributed by atoms with E-state index in [0.717, 1.165) is 12.8 Å². The highest BCUT2D eigenvalue weighted by atomic mass is 32.2. The van der Waals surface area contributed by atoms with E-state index in [9.17, 15) is 8.42 Å². The third-order valence-corrected chi connectivity index (χ3v) is 6.48. The number of hydrogen-bond donors (Lipinski definition) is 0. The van der Waals surface area contributed by atoms with Crippen molar-refractivity contribution in [3.05, 3.63) is 11.9 Å². The zero-order valence-corrected chi connectivity index (χ0v) is 15.3. The summed E-state index contributed by atoms with van der Waals surface area (Å²) in [6.07, 6.45) is 6.36. The number of sulfonamides is 1. The molecule has 0 N–H and O–H groups in total. The molecule has 1 aromatic heterocycles. The normalized spacial score (nSPS) is 17.5. The van der Waals surface area contributed by atoms with Crippen LogP contribution in [0.25, 0.3) is 0 Å². The van der Waals surface area contributed by atoms with E-state index < -0.39 is 10.0 Å². The molecule has 0 radical (unpaired) electrons. The van der Waals surface area contributed by atoms with Crippen molar-refractivity contribution < 1.29 is 8.42 Å². The molecular weight excluding hydrogens is 298 g/mol. The number of aromatic nitrogens is 2. The van der Waals surface area contributed by atoms with E-state index in [1.165, 1.54) is 17.1 Å². The van der Waals surface area contributed by atoms with Gasteiger partial charge in [-0.05, 0) is 12.8 Å². The lowest BCUT2D eigenvalue weighted by molar-refractivity contribution is 0.441. The van der Waals surface area contributed by atoms with Crippen molar-refractivity contribution in [1.29, 1.82) is 0 Å². The number of hydrogen-bond acceptors (Lipinski definition) is 3. The molecule has 0 aromatic carbocycles. The molecule has 0 aliphatic heterocycles. The second kappa shape index (κ2) is 6.32. The molecule has 0 bridgehead atoms. The van der Waals surface area contributed by atoms with Gasteiger partial charge in [0, 0.05) is 24.7 Å². The Morgan fingerprint density at radius 3 is 2.23 bits per heavy atom. The number of rotatable bonds is 5. The van der Waals surface area contributed by atoms with E-state index in [0.29, 0.717) is 29.7 Å². The molecule has 5 nitrogen and oxygen atoms in total. The minimum absolute atomic E-state index is 0.292. The van der Waals surface area contributed by atoms with Crippen molar-refractivity contribution in [2.24, 2.45) is 0 Å². The van der Waals surface area contributed by atoms with Crippen molar-refractivity contribution >= 4 is 10.0 Å². The summed E-state index contributed by atoms with van der Waals surface area (Å²) in [5.74, 6) is 0. The average molecular weight is 327 g/mol. The maximum atomic E-state index is 13.0. The zero-order chi connectivity index (χ0) is 16.5. The maximum absolute atomic E-state index is 13.0. The van der Waals surface area contributed by atoms with Crippen LogP contribution >= 0.6 is 0 Å². The molecule has 1 aliphatic rings. The van der Waals surface area contributed by atoms with Crippen LogP contribution in [0.5, 0.6) is 0 Å². The molecule has 0 unspecified atom stereocenters. The summed E-state index contributed by atoms with van der Waals surface area (Å²) in [7, 11) is -3.47. The molecule has 22 heavy (non-hydrogen) atoms. The fourth-order valence-electron chi connectivity index (χ4n) is 3.14. The molecule has 1 aliphatic carbocycles. The summed E-state index contributed by atoms with van der Waals surface area (Å²) in [4.78, 5) is 0.385. The predicted octanol–water partition coefficient (Wildman–Crippen LogP) is 3.33. The van der Waals surface area contributed by atoms with Gasteiger partial charge in [0.25, 0.3) is 0 Å². The Morgan fingerprint density at radius 2 is 1.77 bits per heavy atom.